The second-order valence-electron chi connectivity index (χ2n) is 11.1. The number of piperidine rings is 1. The smallest absolute Gasteiger partial charge is 0.263 e. The fourth-order valence-corrected chi connectivity index (χ4v) is 5.38. The van der Waals surface area contributed by atoms with Crippen molar-refractivity contribution in [2.45, 2.75) is 70.3 Å². The predicted molar refractivity (Wildman–Crippen MR) is 167 cm³/mol. The Labute approximate surface area is 253 Å². The quantitative estimate of drug-likeness (QED) is 0.137. The number of hydrogen-bond acceptors (Lipinski definition) is 8. The molecule has 4 rings (SSSR count). The van der Waals surface area contributed by atoms with E-state index in [2.05, 4.69) is 11.0 Å². The summed E-state index contributed by atoms with van der Waals surface area (Å²) in [4.78, 5) is 32.0. The Hall–Kier alpha value is -4.20. The molecule has 0 aliphatic carbocycles. The van der Waals surface area contributed by atoms with Crippen LogP contribution in [-0.4, -0.2) is 46.4 Å². The molecule has 1 aliphatic rings. The van der Waals surface area contributed by atoms with Gasteiger partial charge < -0.3 is 15.4 Å². The van der Waals surface area contributed by atoms with E-state index in [4.69, 9.17) is 20.7 Å². The lowest BCUT2D eigenvalue weighted by Crippen LogP contribution is -2.42. The van der Waals surface area contributed by atoms with E-state index in [1.54, 1.807) is 29.2 Å². The number of carbonyl (C=O) groups excluding carboxylic acids is 1. The van der Waals surface area contributed by atoms with Crippen LogP contribution in [0.4, 0.5) is 5.95 Å². The number of nitrogens with two attached hydrogens (primary N) is 1. The lowest BCUT2D eigenvalue weighted by Gasteiger charge is -2.32. The van der Waals surface area contributed by atoms with Gasteiger partial charge in [-0.25, -0.2) is 10.5 Å². The molecule has 3 aromatic rings. The number of hydrogen-bond donors (Lipinski definition) is 3. The van der Waals surface area contributed by atoms with Gasteiger partial charge >= 0.3 is 0 Å². The lowest BCUT2D eigenvalue weighted by molar-refractivity contribution is -0.129. The predicted octanol–water partition coefficient (Wildman–Crippen LogP) is 4.92. The minimum Gasteiger partial charge on any atom is -0.494 e. The number of benzene rings is 2. The van der Waals surface area contributed by atoms with Crippen LogP contribution < -0.4 is 26.4 Å². The molecule has 228 valence electrons. The van der Waals surface area contributed by atoms with Crippen LogP contribution in [0.25, 0.3) is 22.4 Å². The van der Waals surface area contributed by atoms with Gasteiger partial charge in [0.25, 0.3) is 5.56 Å². The Morgan fingerprint density at radius 3 is 2.23 bits per heavy atom. The number of nitrogens with one attached hydrogen (secondary N) is 1. The average molecular weight is 587 g/mol. The Bertz CT molecular complexity index is 1440. The molecule has 1 saturated heterocycles. The molecule has 0 spiro atoms. The van der Waals surface area contributed by atoms with Gasteiger partial charge in [0, 0.05) is 38.2 Å². The van der Waals surface area contributed by atoms with Crippen molar-refractivity contribution in [3.8, 4) is 34.2 Å². The van der Waals surface area contributed by atoms with Crippen LogP contribution in [0.3, 0.4) is 0 Å². The normalized spacial score (nSPS) is 13.5. The second kappa shape index (κ2) is 15.9. The van der Waals surface area contributed by atoms with E-state index in [0.29, 0.717) is 35.8 Å². The average Bonchev–Trinajstić information content (AvgIpc) is 3.04. The van der Waals surface area contributed by atoms with Gasteiger partial charge in [0.1, 0.15) is 5.75 Å². The number of ether oxygens (including phenoxy) is 1. The fourth-order valence-electron chi connectivity index (χ4n) is 5.38. The first-order valence-electron chi connectivity index (χ1n) is 15.2. The van der Waals surface area contributed by atoms with Crippen molar-refractivity contribution in [1.82, 2.24) is 15.0 Å². The second-order valence-corrected chi connectivity index (χ2v) is 11.1. The van der Waals surface area contributed by atoms with Gasteiger partial charge in [0.05, 0.1) is 29.5 Å². The molecule has 0 saturated carbocycles. The highest BCUT2D eigenvalue weighted by molar-refractivity contribution is 5.81. The number of rotatable bonds is 14. The molecule has 1 aliphatic heterocycles. The van der Waals surface area contributed by atoms with Crippen LogP contribution in [0.1, 0.15) is 69.8 Å². The summed E-state index contributed by atoms with van der Waals surface area (Å²) in [6, 6.07) is 17.1. The van der Waals surface area contributed by atoms with Crippen molar-refractivity contribution >= 4 is 11.9 Å². The molecule has 0 atom stereocenters. The lowest BCUT2D eigenvalue weighted by atomic mass is 9.99. The van der Waals surface area contributed by atoms with Gasteiger partial charge in [-0.2, -0.15) is 5.26 Å². The van der Waals surface area contributed by atoms with E-state index in [9.17, 15) is 14.9 Å². The number of hydroxylamine groups is 1. The maximum Gasteiger partial charge on any atom is 0.263 e. The molecule has 2 heterocycles. The molecule has 0 unspecified atom stereocenters. The Kier molecular flexibility index (Phi) is 11.7. The molecule has 1 aromatic heterocycles. The van der Waals surface area contributed by atoms with Gasteiger partial charge in [-0.1, -0.05) is 56.4 Å². The van der Waals surface area contributed by atoms with Crippen molar-refractivity contribution in [2.24, 2.45) is 12.8 Å². The number of unbranched alkanes of at least 4 members (excludes halogenated alkanes) is 6. The van der Waals surface area contributed by atoms with Crippen LogP contribution in [0, 0.1) is 11.3 Å². The first kappa shape index (κ1) is 31.7. The molecule has 43 heavy (non-hydrogen) atoms. The summed E-state index contributed by atoms with van der Waals surface area (Å²) < 4.78 is 7.59. The maximum absolute atomic E-state index is 13.9. The third-order valence-electron chi connectivity index (χ3n) is 7.96. The summed E-state index contributed by atoms with van der Waals surface area (Å²) in [5, 5.41) is 17.8. The summed E-state index contributed by atoms with van der Waals surface area (Å²) in [6.45, 7) is 2.10. The molecule has 1 amide bonds. The molecule has 0 radical (unpaired) electrons. The van der Waals surface area contributed by atoms with Crippen molar-refractivity contribution in [3.63, 3.8) is 0 Å². The standard InChI is InChI=1S/C33H42N6O4/c1-38-32(41)30(25-14-16-28(17-15-25)43-22-8-6-4-2-3-5-7-9-29(40)37-42)31(26-12-10-24(23-34)11-13-26)36-33(38)39-20-18-27(35)19-21-39/h10-17,27,42H,2-9,18-22,35H2,1H3,(H,37,40). The number of amides is 1. The van der Waals surface area contributed by atoms with E-state index in [-0.39, 0.29) is 17.5 Å². The van der Waals surface area contributed by atoms with E-state index >= 15 is 0 Å². The molecular formula is C33H42N6O4. The van der Waals surface area contributed by atoms with E-state index in [0.717, 1.165) is 87.8 Å². The van der Waals surface area contributed by atoms with Crippen molar-refractivity contribution in [2.75, 3.05) is 24.6 Å². The van der Waals surface area contributed by atoms with E-state index < -0.39 is 0 Å². The first-order chi connectivity index (χ1) is 20.9. The third kappa shape index (κ3) is 8.66. The summed E-state index contributed by atoms with van der Waals surface area (Å²) in [6.07, 6.45) is 9.16. The number of nitrogens with zero attached hydrogens (tertiary/aromatic N) is 4. The van der Waals surface area contributed by atoms with Crippen LogP contribution in [0.15, 0.2) is 53.3 Å². The zero-order chi connectivity index (χ0) is 30.6. The van der Waals surface area contributed by atoms with E-state index in [1.807, 2.05) is 36.4 Å². The molecule has 10 heteroatoms. The zero-order valence-electron chi connectivity index (χ0n) is 24.9. The van der Waals surface area contributed by atoms with Crippen LogP contribution >= 0.6 is 0 Å². The van der Waals surface area contributed by atoms with Crippen LogP contribution in [0.2, 0.25) is 0 Å². The molecule has 4 N–H and O–H groups in total. The maximum atomic E-state index is 13.9. The Morgan fingerprint density at radius 2 is 1.60 bits per heavy atom. The van der Waals surface area contributed by atoms with Crippen LogP contribution in [-0.2, 0) is 11.8 Å². The first-order valence-corrected chi connectivity index (χ1v) is 15.2. The highest BCUT2D eigenvalue weighted by Gasteiger charge is 2.24. The molecule has 0 bridgehead atoms. The van der Waals surface area contributed by atoms with Gasteiger partial charge in [0.15, 0.2) is 0 Å². The number of aromatic nitrogens is 2. The topological polar surface area (TPSA) is 146 Å². The summed E-state index contributed by atoms with van der Waals surface area (Å²) in [5.41, 5.74) is 10.8. The summed E-state index contributed by atoms with van der Waals surface area (Å²) >= 11 is 0. The van der Waals surface area contributed by atoms with Gasteiger partial charge in [-0.3, -0.25) is 19.4 Å². The van der Waals surface area contributed by atoms with E-state index in [1.165, 1.54) is 0 Å². The summed E-state index contributed by atoms with van der Waals surface area (Å²) in [5.74, 6) is 1.04. The van der Waals surface area contributed by atoms with Crippen molar-refractivity contribution in [1.29, 1.82) is 5.26 Å². The molecule has 1 fully saturated rings. The van der Waals surface area contributed by atoms with Crippen molar-refractivity contribution < 1.29 is 14.7 Å². The minimum absolute atomic E-state index is 0.135. The molecular weight excluding hydrogens is 544 g/mol. The Balaban J connectivity index is 1.42. The van der Waals surface area contributed by atoms with Crippen molar-refractivity contribution in [3.05, 3.63) is 64.4 Å². The van der Waals surface area contributed by atoms with Gasteiger partial charge in [0.2, 0.25) is 11.9 Å². The summed E-state index contributed by atoms with van der Waals surface area (Å²) in [7, 11) is 1.76. The fraction of sp³-hybridized carbons (Fsp3) is 0.455. The number of anilines is 1. The number of nitriles is 1. The van der Waals surface area contributed by atoms with Gasteiger partial charge in [-0.15, -0.1) is 0 Å². The molecule has 10 nitrogen and oxygen atoms in total. The highest BCUT2D eigenvalue weighted by Crippen LogP contribution is 2.31. The Morgan fingerprint density at radius 1 is 1.00 bits per heavy atom. The number of carbonyl (C=O) groups is 1. The minimum atomic E-state index is -0.326. The third-order valence-corrected chi connectivity index (χ3v) is 7.96. The highest BCUT2D eigenvalue weighted by atomic mass is 16.5. The zero-order valence-corrected chi connectivity index (χ0v) is 24.9. The SMILES string of the molecule is Cn1c(N2CCC(N)CC2)nc(-c2ccc(C#N)cc2)c(-c2ccc(OCCCCCCCCCC(=O)NO)cc2)c1=O. The largest absolute Gasteiger partial charge is 0.494 e. The van der Waals surface area contributed by atoms with Gasteiger partial charge in [-0.05, 0) is 55.5 Å². The monoisotopic (exact) mass is 586 g/mol. The van der Waals surface area contributed by atoms with Crippen LogP contribution in [0.5, 0.6) is 5.75 Å². The molecule has 2 aromatic carbocycles.